The normalized spacial score (nSPS) is 10.2. The maximum Gasteiger partial charge on any atom is 0.144 e. The van der Waals surface area contributed by atoms with Crippen molar-refractivity contribution in [3.63, 3.8) is 0 Å². The first kappa shape index (κ1) is 13.1. The molecule has 19 heavy (non-hydrogen) atoms. The minimum atomic E-state index is 0.517. The molecule has 100 valence electrons. The molecule has 0 saturated heterocycles. The first-order valence-corrected chi connectivity index (χ1v) is 6.18. The number of aromatic nitrogens is 2. The molecule has 2 aromatic rings. The Morgan fingerprint density at radius 2 is 2.00 bits per heavy atom. The second-order valence-corrected chi connectivity index (χ2v) is 4.24. The minimum Gasteiger partial charge on any atom is -0.490 e. The molecule has 0 bridgehead atoms. The molecule has 0 fully saturated rings. The molecule has 3 N–H and O–H groups in total. The number of nitrogen functional groups attached to an aromatic ring is 1. The molecule has 2 rings (SSSR count). The van der Waals surface area contributed by atoms with Crippen molar-refractivity contribution < 1.29 is 4.74 Å². The van der Waals surface area contributed by atoms with E-state index in [0.717, 1.165) is 17.2 Å². The van der Waals surface area contributed by atoms with E-state index in [2.05, 4.69) is 15.3 Å². The zero-order chi connectivity index (χ0) is 13.7. The van der Waals surface area contributed by atoms with Gasteiger partial charge in [0.2, 0.25) is 0 Å². The fraction of sp³-hybridized carbons (Fsp3) is 0.286. The van der Waals surface area contributed by atoms with Gasteiger partial charge in [-0.3, -0.25) is 4.98 Å². The van der Waals surface area contributed by atoms with Crippen molar-refractivity contribution in [3.8, 4) is 5.75 Å². The number of aryl methyl sites for hydroxylation is 2. The summed E-state index contributed by atoms with van der Waals surface area (Å²) in [7, 11) is 0. The Kier molecular flexibility index (Phi) is 4.18. The van der Waals surface area contributed by atoms with Gasteiger partial charge in [-0.15, -0.1) is 0 Å². The first-order valence-electron chi connectivity index (χ1n) is 6.18. The van der Waals surface area contributed by atoms with E-state index in [1.54, 1.807) is 6.20 Å². The van der Waals surface area contributed by atoms with E-state index in [9.17, 15) is 0 Å². The number of benzene rings is 1. The Hall–Kier alpha value is -2.30. The lowest BCUT2D eigenvalue weighted by Gasteiger charge is -2.10. The van der Waals surface area contributed by atoms with Crippen LogP contribution < -0.4 is 15.8 Å². The summed E-state index contributed by atoms with van der Waals surface area (Å²) in [4.78, 5) is 8.62. The van der Waals surface area contributed by atoms with E-state index in [0.29, 0.717) is 24.6 Å². The number of hydrogen-bond acceptors (Lipinski definition) is 5. The number of ether oxygens (including phenoxy) is 1. The quantitative estimate of drug-likeness (QED) is 0.635. The van der Waals surface area contributed by atoms with Gasteiger partial charge in [0.05, 0.1) is 29.8 Å². The van der Waals surface area contributed by atoms with Gasteiger partial charge in [-0.25, -0.2) is 4.98 Å². The van der Waals surface area contributed by atoms with Crippen LogP contribution in [0.25, 0.3) is 0 Å². The van der Waals surface area contributed by atoms with Crippen LogP contribution in [0.3, 0.4) is 0 Å². The van der Waals surface area contributed by atoms with E-state index >= 15 is 0 Å². The standard InChI is InChI=1S/C14H18N4O/c1-10-11(2)18-14(9-17-10)16-7-8-19-13-6-4-3-5-12(13)15/h3-6,9H,7-8,15H2,1-2H3,(H,16,18). The minimum absolute atomic E-state index is 0.517. The summed E-state index contributed by atoms with van der Waals surface area (Å²) in [6, 6.07) is 7.45. The van der Waals surface area contributed by atoms with Gasteiger partial charge in [0.15, 0.2) is 0 Å². The molecule has 0 aliphatic carbocycles. The molecule has 0 radical (unpaired) electrons. The van der Waals surface area contributed by atoms with Crippen LogP contribution in [0.4, 0.5) is 11.5 Å². The molecule has 0 saturated carbocycles. The zero-order valence-corrected chi connectivity index (χ0v) is 11.2. The lowest BCUT2D eigenvalue weighted by molar-refractivity contribution is 0.334. The van der Waals surface area contributed by atoms with Gasteiger partial charge >= 0.3 is 0 Å². The maximum atomic E-state index is 5.78. The Bertz CT molecular complexity index is 557. The summed E-state index contributed by atoms with van der Waals surface area (Å²) in [5.74, 6) is 1.46. The van der Waals surface area contributed by atoms with Crippen LogP contribution in [0.1, 0.15) is 11.4 Å². The predicted molar refractivity (Wildman–Crippen MR) is 76.3 cm³/mol. The molecule has 1 heterocycles. The van der Waals surface area contributed by atoms with E-state index in [1.807, 2.05) is 38.1 Å². The van der Waals surface area contributed by atoms with Crippen molar-refractivity contribution in [2.75, 3.05) is 24.2 Å². The Morgan fingerprint density at radius 3 is 2.74 bits per heavy atom. The molecule has 0 spiro atoms. The molecule has 1 aromatic carbocycles. The summed E-state index contributed by atoms with van der Waals surface area (Å²) < 4.78 is 5.58. The number of nitrogens with two attached hydrogens (primary N) is 1. The third kappa shape index (κ3) is 3.58. The molecule has 1 aromatic heterocycles. The van der Waals surface area contributed by atoms with E-state index < -0.39 is 0 Å². The third-order valence-electron chi connectivity index (χ3n) is 2.78. The molecule has 0 aliphatic rings. The Balaban J connectivity index is 1.81. The Labute approximate surface area is 112 Å². The van der Waals surface area contributed by atoms with Gasteiger partial charge in [-0.2, -0.15) is 0 Å². The zero-order valence-electron chi connectivity index (χ0n) is 11.2. The number of anilines is 2. The maximum absolute atomic E-state index is 5.78. The van der Waals surface area contributed by atoms with Crippen LogP contribution in [-0.2, 0) is 0 Å². The van der Waals surface area contributed by atoms with Crippen molar-refractivity contribution in [2.24, 2.45) is 0 Å². The van der Waals surface area contributed by atoms with Crippen LogP contribution in [0, 0.1) is 13.8 Å². The predicted octanol–water partition coefficient (Wildman–Crippen LogP) is 2.17. The average molecular weight is 258 g/mol. The van der Waals surface area contributed by atoms with Gasteiger partial charge in [0.25, 0.3) is 0 Å². The van der Waals surface area contributed by atoms with Crippen LogP contribution in [0.5, 0.6) is 5.75 Å². The van der Waals surface area contributed by atoms with E-state index in [4.69, 9.17) is 10.5 Å². The van der Waals surface area contributed by atoms with E-state index in [1.165, 1.54) is 0 Å². The lowest BCUT2D eigenvalue weighted by Crippen LogP contribution is -2.13. The highest BCUT2D eigenvalue weighted by Crippen LogP contribution is 2.19. The molecular weight excluding hydrogens is 240 g/mol. The smallest absolute Gasteiger partial charge is 0.144 e. The van der Waals surface area contributed by atoms with Gasteiger partial charge in [0.1, 0.15) is 18.2 Å². The molecule has 0 aliphatic heterocycles. The van der Waals surface area contributed by atoms with Crippen LogP contribution in [0.15, 0.2) is 30.5 Å². The average Bonchev–Trinajstić information content (AvgIpc) is 2.40. The molecule has 5 nitrogen and oxygen atoms in total. The van der Waals surface area contributed by atoms with Gasteiger partial charge in [0, 0.05) is 0 Å². The van der Waals surface area contributed by atoms with Crippen LogP contribution >= 0.6 is 0 Å². The summed E-state index contributed by atoms with van der Waals surface area (Å²) >= 11 is 0. The lowest BCUT2D eigenvalue weighted by atomic mass is 10.3. The third-order valence-corrected chi connectivity index (χ3v) is 2.78. The fourth-order valence-corrected chi connectivity index (χ4v) is 1.58. The topological polar surface area (TPSA) is 73.1 Å². The highest BCUT2D eigenvalue weighted by atomic mass is 16.5. The van der Waals surface area contributed by atoms with Crippen molar-refractivity contribution in [3.05, 3.63) is 41.9 Å². The number of hydrogen-bond donors (Lipinski definition) is 2. The second kappa shape index (κ2) is 6.04. The van der Waals surface area contributed by atoms with Gasteiger partial charge < -0.3 is 15.8 Å². The van der Waals surface area contributed by atoms with E-state index in [-0.39, 0.29) is 0 Å². The number of nitrogens with zero attached hydrogens (tertiary/aromatic N) is 2. The number of rotatable bonds is 5. The van der Waals surface area contributed by atoms with Crippen LogP contribution in [0.2, 0.25) is 0 Å². The molecular formula is C14H18N4O. The molecule has 0 unspecified atom stereocenters. The highest BCUT2D eigenvalue weighted by molar-refractivity contribution is 5.51. The summed E-state index contributed by atoms with van der Waals surface area (Å²) in [6.07, 6.45) is 1.72. The summed E-state index contributed by atoms with van der Waals surface area (Å²) in [5, 5.41) is 3.16. The molecule has 0 atom stereocenters. The number of para-hydroxylation sites is 2. The van der Waals surface area contributed by atoms with Gasteiger partial charge in [-0.1, -0.05) is 12.1 Å². The summed E-state index contributed by atoms with van der Waals surface area (Å²) in [5.41, 5.74) is 8.30. The highest BCUT2D eigenvalue weighted by Gasteiger charge is 2.00. The van der Waals surface area contributed by atoms with Crippen molar-refractivity contribution >= 4 is 11.5 Å². The second-order valence-electron chi connectivity index (χ2n) is 4.24. The fourth-order valence-electron chi connectivity index (χ4n) is 1.58. The monoisotopic (exact) mass is 258 g/mol. The molecule has 0 amide bonds. The Morgan fingerprint density at radius 1 is 1.21 bits per heavy atom. The largest absolute Gasteiger partial charge is 0.490 e. The van der Waals surface area contributed by atoms with Crippen molar-refractivity contribution in [2.45, 2.75) is 13.8 Å². The van der Waals surface area contributed by atoms with Crippen molar-refractivity contribution in [1.29, 1.82) is 0 Å². The summed E-state index contributed by atoms with van der Waals surface area (Å²) in [6.45, 7) is 5.04. The number of nitrogens with one attached hydrogen (secondary N) is 1. The van der Waals surface area contributed by atoms with Crippen molar-refractivity contribution in [1.82, 2.24) is 9.97 Å². The molecule has 5 heteroatoms. The van der Waals surface area contributed by atoms with Crippen LogP contribution in [-0.4, -0.2) is 23.1 Å². The van der Waals surface area contributed by atoms with Gasteiger partial charge in [-0.05, 0) is 26.0 Å². The SMILES string of the molecule is Cc1ncc(NCCOc2ccccc2N)nc1C. The first-order chi connectivity index (χ1) is 9.16.